The lowest BCUT2D eigenvalue weighted by Gasteiger charge is -1.72. The van der Waals surface area contributed by atoms with Crippen LogP contribution >= 0.6 is 0 Å². The van der Waals surface area contributed by atoms with Crippen LogP contribution in [0.15, 0.2) is 21.9 Å². The Morgan fingerprint density at radius 1 is 1.27 bits per heavy atom. The van der Waals surface area contributed by atoms with Gasteiger partial charge in [-0.15, -0.1) is 0 Å². The monoisotopic (exact) mass is 152 g/mol. The summed E-state index contributed by atoms with van der Waals surface area (Å²) in [6, 6.07) is 1.54. The van der Waals surface area contributed by atoms with Crippen molar-refractivity contribution < 1.29 is 5.48 Å². The van der Waals surface area contributed by atoms with E-state index < -0.39 is 11.0 Å². The third-order valence-electron chi connectivity index (χ3n) is 1.31. The van der Waals surface area contributed by atoms with Gasteiger partial charge in [0.25, 0.3) is 5.43 Å². The zero-order valence-electron chi connectivity index (χ0n) is 5.37. The SMILES string of the molecule is O.O=c1nc2ccnc-2c1=O. The second-order valence-electron chi connectivity index (χ2n) is 1.92. The third-order valence-corrected chi connectivity index (χ3v) is 1.31. The Labute approximate surface area is 60.7 Å². The molecule has 0 amide bonds. The molecule has 2 rings (SSSR count). The average Bonchev–Trinajstić information content (AvgIpc) is 2.41. The lowest BCUT2D eigenvalue weighted by atomic mass is 10.4. The van der Waals surface area contributed by atoms with Gasteiger partial charge in [-0.3, -0.25) is 14.6 Å². The highest BCUT2D eigenvalue weighted by molar-refractivity contribution is 5.56. The number of hydrogen-bond donors (Lipinski definition) is 0. The molecule has 5 nitrogen and oxygen atoms in total. The molecule has 0 aliphatic carbocycles. The van der Waals surface area contributed by atoms with Gasteiger partial charge in [0.1, 0.15) is 5.69 Å². The highest BCUT2D eigenvalue weighted by Gasteiger charge is 2.14. The Morgan fingerprint density at radius 3 is 2.64 bits per heavy atom. The summed E-state index contributed by atoms with van der Waals surface area (Å²) in [7, 11) is 0. The van der Waals surface area contributed by atoms with Crippen LogP contribution in [0.1, 0.15) is 0 Å². The van der Waals surface area contributed by atoms with Crippen molar-refractivity contribution >= 4 is 0 Å². The minimum absolute atomic E-state index is 0. The minimum atomic E-state index is -0.710. The molecular formula is C6H4N2O3. The summed E-state index contributed by atoms with van der Waals surface area (Å²) in [6.45, 7) is 0. The number of hydrogen-bond acceptors (Lipinski definition) is 4. The lowest BCUT2D eigenvalue weighted by Crippen LogP contribution is -2.19. The summed E-state index contributed by atoms with van der Waals surface area (Å²) in [6.07, 6.45) is 1.46. The number of nitrogens with zero attached hydrogens (tertiary/aromatic N) is 2. The van der Waals surface area contributed by atoms with E-state index >= 15 is 0 Å². The molecule has 0 atom stereocenters. The van der Waals surface area contributed by atoms with Crippen molar-refractivity contribution in [1.29, 1.82) is 0 Å². The Bertz CT molecular complexity index is 416. The molecule has 0 spiro atoms. The Kier molecular flexibility index (Phi) is 1.50. The number of rotatable bonds is 0. The maximum absolute atomic E-state index is 10.8. The van der Waals surface area contributed by atoms with Crippen LogP contribution in [0.3, 0.4) is 0 Å². The van der Waals surface area contributed by atoms with E-state index in [4.69, 9.17) is 0 Å². The Balaban J connectivity index is 0.000000605. The first-order valence-corrected chi connectivity index (χ1v) is 2.71. The van der Waals surface area contributed by atoms with Gasteiger partial charge < -0.3 is 5.48 Å². The summed E-state index contributed by atoms with van der Waals surface area (Å²) >= 11 is 0. The first-order valence-electron chi connectivity index (χ1n) is 2.71. The average molecular weight is 152 g/mol. The number of aromatic nitrogens is 2. The maximum Gasteiger partial charge on any atom is 0.320 e. The molecule has 2 aliphatic rings. The predicted octanol–water partition coefficient (Wildman–Crippen LogP) is -1.65. The van der Waals surface area contributed by atoms with Crippen LogP contribution in [0.2, 0.25) is 0 Å². The summed E-state index contributed by atoms with van der Waals surface area (Å²) in [5.74, 6) is 0. The van der Waals surface area contributed by atoms with Gasteiger partial charge in [0.2, 0.25) is 0 Å². The first-order chi connectivity index (χ1) is 4.79. The van der Waals surface area contributed by atoms with Gasteiger partial charge in [-0.1, -0.05) is 0 Å². The standard InChI is InChI=1S/C6H2N2O2.H2O/c9-5-4-3(1-2-7-4)8-6(5)10;/h1-2H;1H2. The fraction of sp³-hybridized carbons (Fsp3) is 0. The second-order valence-corrected chi connectivity index (χ2v) is 1.92. The molecule has 0 aromatic rings. The van der Waals surface area contributed by atoms with E-state index in [0.717, 1.165) is 0 Å². The zero-order valence-corrected chi connectivity index (χ0v) is 5.37. The van der Waals surface area contributed by atoms with Crippen LogP contribution in [0.25, 0.3) is 11.4 Å². The van der Waals surface area contributed by atoms with E-state index in [1.807, 2.05) is 0 Å². The van der Waals surface area contributed by atoms with Gasteiger partial charge in [0, 0.05) is 6.20 Å². The van der Waals surface area contributed by atoms with Crippen LogP contribution in [0.4, 0.5) is 0 Å². The van der Waals surface area contributed by atoms with E-state index in [2.05, 4.69) is 9.97 Å². The van der Waals surface area contributed by atoms with Crippen molar-refractivity contribution in [3.8, 4) is 11.4 Å². The predicted molar refractivity (Wildman–Crippen MR) is 37.2 cm³/mol. The van der Waals surface area contributed by atoms with Crippen LogP contribution in [-0.4, -0.2) is 15.4 Å². The van der Waals surface area contributed by atoms with Crippen molar-refractivity contribution in [2.45, 2.75) is 0 Å². The molecule has 11 heavy (non-hydrogen) atoms. The highest BCUT2D eigenvalue weighted by Crippen LogP contribution is 2.08. The van der Waals surface area contributed by atoms with Crippen LogP contribution in [0.5, 0.6) is 0 Å². The van der Waals surface area contributed by atoms with E-state index in [-0.39, 0.29) is 11.2 Å². The molecule has 0 fully saturated rings. The molecule has 2 aliphatic heterocycles. The van der Waals surface area contributed by atoms with Crippen LogP contribution < -0.4 is 11.0 Å². The Hall–Kier alpha value is -1.62. The highest BCUT2D eigenvalue weighted by atomic mass is 16.2. The van der Waals surface area contributed by atoms with Crippen molar-refractivity contribution in [2.75, 3.05) is 0 Å². The van der Waals surface area contributed by atoms with E-state index in [1.165, 1.54) is 12.3 Å². The smallest absolute Gasteiger partial charge is 0.320 e. The molecule has 0 saturated heterocycles. The van der Waals surface area contributed by atoms with Crippen molar-refractivity contribution in [2.24, 2.45) is 0 Å². The molecule has 0 unspecified atom stereocenters. The second kappa shape index (κ2) is 2.21. The molecule has 2 heterocycles. The van der Waals surface area contributed by atoms with Gasteiger partial charge in [-0.2, -0.15) is 0 Å². The molecular weight excluding hydrogens is 148 g/mol. The first kappa shape index (κ1) is 7.49. The van der Waals surface area contributed by atoms with E-state index in [9.17, 15) is 9.59 Å². The normalized spacial score (nSPS) is 9.82. The van der Waals surface area contributed by atoms with Gasteiger partial charge in [0.15, 0.2) is 0 Å². The minimum Gasteiger partial charge on any atom is -0.412 e. The van der Waals surface area contributed by atoms with Gasteiger partial charge >= 0.3 is 5.56 Å². The van der Waals surface area contributed by atoms with Crippen molar-refractivity contribution in [3.05, 3.63) is 32.8 Å². The third kappa shape index (κ3) is 0.821. The summed E-state index contributed by atoms with van der Waals surface area (Å²) < 4.78 is 0. The van der Waals surface area contributed by atoms with Crippen molar-refractivity contribution in [3.63, 3.8) is 0 Å². The topological polar surface area (TPSA) is 91.4 Å². The largest absolute Gasteiger partial charge is 0.412 e. The Morgan fingerprint density at radius 2 is 2.00 bits per heavy atom. The molecule has 0 aromatic heterocycles. The maximum atomic E-state index is 10.8. The quantitative estimate of drug-likeness (QED) is 0.423. The molecule has 56 valence electrons. The molecule has 0 radical (unpaired) electrons. The summed E-state index contributed by atoms with van der Waals surface area (Å²) in [5, 5.41) is 0. The molecule has 5 heteroatoms. The fourth-order valence-electron chi connectivity index (χ4n) is 0.854. The van der Waals surface area contributed by atoms with Gasteiger partial charge in [-0.05, 0) is 6.07 Å². The zero-order chi connectivity index (χ0) is 7.14. The molecule has 0 bridgehead atoms. The van der Waals surface area contributed by atoms with Crippen LogP contribution in [-0.2, 0) is 0 Å². The summed E-state index contributed by atoms with van der Waals surface area (Å²) in [4.78, 5) is 28.4. The number of fused-ring (bicyclic) bond motifs is 1. The van der Waals surface area contributed by atoms with Crippen molar-refractivity contribution in [1.82, 2.24) is 9.97 Å². The molecule has 0 saturated carbocycles. The lowest BCUT2D eigenvalue weighted by molar-refractivity contribution is 0.824. The molecule has 2 N–H and O–H groups in total. The molecule has 0 aromatic carbocycles. The summed E-state index contributed by atoms with van der Waals surface area (Å²) in [5.41, 5.74) is -0.724. The van der Waals surface area contributed by atoms with Gasteiger partial charge in [0.05, 0.1) is 5.69 Å². The van der Waals surface area contributed by atoms with Crippen LogP contribution in [0, 0.1) is 0 Å². The van der Waals surface area contributed by atoms with E-state index in [1.54, 1.807) is 0 Å². The fourth-order valence-corrected chi connectivity index (χ4v) is 0.854. The van der Waals surface area contributed by atoms with E-state index in [0.29, 0.717) is 5.69 Å². The van der Waals surface area contributed by atoms with Gasteiger partial charge in [-0.25, -0.2) is 4.98 Å².